The fourth-order valence-corrected chi connectivity index (χ4v) is 4.04. The summed E-state index contributed by atoms with van der Waals surface area (Å²) in [6.45, 7) is 2.60. The molecule has 3 rings (SSSR count). The van der Waals surface area contributed by atoms with Crippen molar-refractivity contribution in [1.82, 2.24) is 5.32 Å². The fraction of sp³-hybridized carbons (Fsp3) is 0.174. The maximum atomic E-state index is 12.9. The Bertz CT molecular complexity index is 1100. The molecule has 0 radical (unpaired) electrons. The lowest BCUT2D eigenvalue weighted by molar-refractivity contribution is 0.0947. The lowest BCUT2D eigenvalue weighted by Gasteiger charge is -2.19. The van der Waals surface area contributed by atoms with Crippen LogP contribution in [0.4, 0.5) is 5.69 Å². The van der Waals surface area contributed by atoms with Crippen LogP contribution in [0.1, 0.15) is 15.9 Å². The van der Waals surface area contributed by atoms with Gasteiger partial charge in [-0.15, -0.1) is 0 Å². The normalized spacial score (nSPS) is 11.0. The quantitative estimate of drug-likeness (QED) is 0.561. The van der Waals surface area contributed by atoms with Gasteiger partial charge in [0.1, 0.15) is 12.4 Å². The first-order valence-corrected chi connectivity index (χ1v) is 10.9. The lowest BCUT2D eigenvalue weighted by Crippen LogP contribution is -2.29. The van der Waals surface area contributed by atoms with E-state index in [2.05, 4.69) is 5.32 Å². The van der Waals surface area contributed by atoms with Crippen molar-refractivity contribution >= 4 is 21.6 Å². The van der Waals surface area contributed by atoms with Gasteiger partial charge in [0.05, 0.1) is 17.1 Å². The molecule has 156 valence electrons. The second-order valence-electron chi connectivity index (χ2n) is 6.75. The first-order valence-electron chi connectivity index (χ1n) is 9.49. The summed E-state index contributed by atoms with van der Waals surface area (Å²) in [6.07, 6.45) is 0. The highest BCUT2D eigenvalue weighted by atomic mass is 32.2. The van der Waals surface area contributed by atoms with Crippen LogP contribution in [0.5, 0.6) is 5.75 Å². The van der Waals surface area contributed by atoms with E-state index in [0.29, 0.717) is 18.8 Å². The number of nitrogens with one attached hydrogen (secondary N) is 1. The van der Waals surface area contributed by atoms with E-state index in [0.717, 1.165) is 11.3 Å². The molecule has 0 saturated carbocycles. The molecule has 0 aliphatic heterocycles. The summed E-state index contributed by atoms with van der Waals surface area (Å²) in [5.41, 5.74) is 1.96. The molecule has 0 aliphatic carbocycles. The predicted molar refractivity (Wildman–Crippen MR) is 117 cm³/mol. The lowest BCUT2D eigenvalue weighted by atomic mass is 10.2. The number of carbonyl (C=O) groups excluding carboxylic acids is 1. The number of hydrogen-bond donors (Lipinski definition) is 1. The Morgan fingerprint density at radius 3 is 2.37 bits per heavy atom. The summed E-state index contributed by atoms with van der Waals surface area (Å²) in [5.74, 6) is 0.369. The third kappa shape index (κ3) is 5.18. The monoisotopic (exact) mass is 424 g/mol. The molecular weight excluding hydrogens is 400 g/mol. The molecule has 1 N–H and O–H groups in total. The Balaban J connectivity index is 1.62. The Morgan fingerprint density at radius 2 is 1.67 bits per heavy atom. The van der Waals surface area contributed by atoms with Gasteiger partial charge in [0.2, 0.25) is 0 Å². The molecule has 30 heavy (non-hydrogen) atoms. The van der Waals surface area contributed by atoms with Crippen molar-refractivity contribution in [1.29, 1.82) is 0 Å². The average Bonchev–Trinajstić information content (AvgIpc) is 2.78. The van der Waals surface area contributed by atoms with Crippen LogP contribution in [0.2, 0.25) is 0 Å². The van der Waals surface area contributed by atoms with Gasteiger partial charge in [-0.25, -0.2) is 8.42 Å². The first-order chi connectivity index (χ1) is 14.4. The summed E-state index contributed by atoms with van der Waals surface area (Å²) in [4.78, 5) is 12.5. The Hall–Kier alpha value is -3.32. The van der Waals surface area contributed by atoms with E-state index >= 15 is 0 Å². The molecule has 0 spiro atoms. The van der Waals surface area contributed by atoms with Gasteiger partial charge in [-0.2, -0.15) is 0 Å². The number of aryl methyl sites for hydroxylation is 1. The van der Waals surface area contributed by atoms with Crippen LogP contribution in [-0.4, -0.2) is 34.5 Å². The van der Waals surface area contributed by atoms with Crippen LogP contribution in [0.15, 0.2) is 83.8 Å². The van der Waals surface area contributed by atoms with E-state index < -0.39 is 10.0 Å². The van der Waals surface area contributed by atoms with Gasteiger partial charge in [0.25, 0.3) is 15.9 Å². The molecule has 3 aromatic rings. The van der Waals surface area contributed by atoms with Gasteiger partial charge in [0, 0.05) is 12.6 Å². The van der Waals surface area contributed by atoms with Crippen molar-refractivity contribution in [3.63, 3.8) is 0 Å². The van der Waals surface area contributed by atoms with E-state index in [1.165, 1.54) is 23.5 Å². The summed E-state index contributed by atoms with van der Waals surface area (Å²) < 4.78 is 32.6. The molecule has 0 fully saturated rings. The molecule has 1 amide bonds. The number of para-hydroxylation sites is 1. The van der Waals surface area contributed by atoms with E-state index in [1.54, 1.807) is 36.4 Å². The first kappa shape index (κ1) is 21.4. The topological polar surface area (TPSA) is 75.7 Å². The summed E-state index contributed by atoms with van der Waals surface area (Å²) in [7, 11) is -2.30. The van der Waals surface area contributed by atoms with Crippen LogP contribution in [-0.2, 0) is 10.0 Å². The smallest absolute Gasteiger partial charge is 0.264 e. The number of carbonyl (C=O) groups is 1. The molecule has 6 nitrogen and oxygen atoms in total. The third-order valence-corrected chi connectivity index (χ3v) is 6.33. The minimum absolute atomic E-state index is 0.0532. The minimum atomic E-state index is -3.78. The number of sulfonamides is 1. The van der Waals surface area contributed by atoms with Crippen LogP contribution in [0.25, 0.3) is 0 Å². The molecule has 0 saturated heterocycles. The molecular formula is C23H24N2O4S. The number of anilines is 1. The standard InChI is InChI=1S/C23H24N2O4S/c1-18-11-13-21(14-12-18)29-16-15-24-23(26)19-7-6-10-22(17-19)30(27,28)25(2)20-8-4-3-5-9-20/h3-14,17H,15-16H2,1-2H3,(H,24,26). The molecule has 0 bridgehead atoms. The van der Waals surface area contributed by atoms with E-state index in [4.69, 9.17) is 4.74 Å². The minimum Gasteiger partial charge on any atom is -0.492 e. The number of amides is 1. The number of rotatable bonds is 8. The second-order valence-corrected chi connectivity index (χ2v) is 8.72. The highest BCUT2D eigenvalue weighted by Crippen LogP contribution is 2.22. The maximum Gasteiger partial charge on any atom is 0.264 e. The van der Waals surface area contributed by atoms with E-state index in [1.807, 2.05) is 37.3 Å². The second kappa shape index (κ2) is 9.45. The van der Waals surface area contributed by atoms with Gasteiger partial charge >= 0.3 is 0 Å². The average molecular weight is 425 g/mol. The van der Waals surface area contributed by atoms with Gasteiger partial charge in [0.15, 0.2) is 0 Å². The SMILES string of the molecule is Cc1ccc(OCCNC(=O)c2cccc(S(=O)(=O)N(C)c3ccccc3)c2)cc1. The van der Waals surface area contributed by atoms with Crippen molar-refractivity contribution in [2.75, 3.05) is 24.5 Å². The summed E-state index contributed by atoms with van der Waals surface area (Å²) in [5, 5.41) is 2.75. The Morgan fingerprint density at radius 1 is 0.967 bits per heavy atom. The van der Waals surface area contributed by atoms with Crippen molar-refractivity contribution in [2.24, 2.45) is 0 Å². The molecule has 0 aliphatic rings. The molecule has 3 aromatic carbocycles. The van der Waals surface area contributed by atoms with Crippen LogP contribution < -0.4 is 14.4 Å². The van der Waals surface area contributed by atoms with Crippen LogP contribution in [0.3, 0.4) is 0 Å². The Labute approximate surface area is 177 Å². The molecule has 0 aromatic heterocycles. The molecule has 0 atom stereocenters. The highest BCUT2D eigenvalue weighted by molar-refractivity contribution is 7.92. The van der Waals surface area contributed by atoms with Crippen molar-refractivity contribution in [3.05, 3.63) is 90.0 Å². The Kier molecular flexibility index (Phi) is 6.74. The zero-order chi connectivity index (χ0) is 21.6. The van der Waals surface area contributed by atoms with Gasteiger partial charge in [-0.05, 0) is 49.4 Å². The highest BCUT2D eigenvalue weighted by Gasteiger charge is 2.22. The van der Waals surface area contributed by atoms with Crippen molar-refractivity contribution < 1.29 is 17.9 Å². The summed E-state index contributed by atoms with van der Waals surface area (Å²) in [6, 6.07) is 22.4. The van der Waals surface area contributed by atoms with E-state index in [9.17, 15) is 13.2 Å². The molecule has 0 heterocycles. The van der Waals surface area contributed by atoms with E-state index in [-0.39, 0.29) is 16.4 Å². The zero-order valence-corrected chi connectivity index (χ0v) is 17.7. The molecule has 0 unspecified atom stereocenters. The number of nitrogens with zero attached hydrogens (tertiary/aromatic N) is 1. The van der Waals surface area contributed by atoms with Crippen LogP contribution in [0, 0.1) is 6.92 Å². The number of benzene rings is 3. The van der Waals surface area contributed by atoms with Gasteiger partial charge in [-0.3, -0.25) is 9.10 Å². The van der Waals surface area contributed by atoms with Crippen LogP contribution >= 0.6 is 0 Å². The zero-order valence-electron chi connectivity index (χ0n) is 16.9. The van der Waals surface area contributed by atoms with Gasteiger partial charge < -0.3 is 10.1 Å². The molecule has 7 heteroatoms. The predicted octanol–water partition coefficient (Wildman–Crippen LogP) is 3.63. The number of hydrogen-bond acceptors (Lipinski definition) is 4. The largest absolute Gasteiger partial charge is 0.492 e. The fourth-order valence-electron chi connectivity index (χ4n) is 2.80. The van der Waals surface area contributed by atoms with Gasteiger partial charge in [-0.1, -0.05) is 42.0 Å². The maximum absolute atomic E-state index is 12.9. The van der Waals surface area contributed by atoms with Crippen molar-refractivity contribution in [2.45, 2.75) is 11.8 Å². The van der Waals surface area contributed by atoms with Crippen molar-refractivity contribution in [3.8, 4) is 5.75 Å². The summed E-state index contributed by atoms with van der Waals surface area (Å²) >= 11 is 0. The number of ether oxygens (including phenoxy) is 1. The third-order valence-electron chi connectivity index (χ3n) is 4.55.